The highest BCUT2D eigenvalue weighted by molar-refractivity contribution is 6.23. The topological polar surface area (TPSA) is 92.1 Å². The first kappa shape index (κ1) is 22.4. The fourth-order valence-corrected chi connectivity index (χ4v) is 9.24. The zero-order valence-corrected chi connectivity index (χ0v) is 20.0. The summed E-state index contributed by atoms with van der Waals surface area (Å²) in [5.74, 6) is -0.789. The molecule has 6 nitrogen and oxygen atoms in total. The molecule has 2 unspecified atom stereocenters. The number of halogens is 2. The Labute approximate surface area is 198 Å². The van der Waals surface area contributed by atoms with E-state index in [4.69, 9.17) is 25.8 Å². The molecule has 6 aliphatic rings. The van der Waals surface area contributed by atoms with Gasteiger partial charge in [-0.2, -0.15) is 5.26 Å². The summed E-state index contributed by atoms with van der Waals surface area (Å²) >= 11 is 6.83. The molecule has 0 amide bonds. The van der Waals surface area contributed by atoms with Crippen molar-refractivity contribution in [3.05, 3.63) is 11.6 Å². The minimum absolute atomic E-state index is 0.0334. The number of nitrogens with zero attached hydrogens (tertiary/aromatic N) is 1. The lowest BCUT2D eigenvalue weighted by molar-refractivity contribution is -0.247. The molecular weight excluding hydrogens is 449 g/mol. The third-order valence-electron chi connectivity index (χ3n) is 10.4. The second-order valence-electron chi connectivity index (χ2n) is 11.5. The lowest BCUT2D eigenvalue weighted by Gasteiger charge is -2.64. The van der Waals surface area contributed by atoms with Crippen molar-refractivity contribution in [2.75, 3.05) is 6.61 Å². The molecule has 180 valence electrons. The first-order chi connectivity index (χ1) is 15.5. The van der Waals surface area contributed by atoms with Gasteiger partial charge < -0.3 is 19.3 Å². The molecule has 0 aromatic rings. The number of nitriles is 1. The van der Waals surface area contributed by atoms with Crippen molar-refractivity contribution in [3.63, 3.8) is 0 Å². The highest BCUT2D eigenvalue weighted by Crippen LogP contribution is 2.75. The molecule has 2 heterocycles. The number of alkyl halides is 2. The van der Waals surface area contributed by atoms with Crippen molar-refractivity contribution in [3.8, 4) is 6.07 Å². The Morgan fingerprint density at radius 1 is 1.33 bits per heavy atom. The highest BCUT2D eigenvalue weighted by Gasteiger charge is 2.85. The van der Waals surface area contributed by atoms with Crippen molar-refractivity contribution in [2.24, 2.45) is 22.7 Å². The van der Waals surface area contributed by atoms with Gasteiger partial charge in [0.15, 0.2) is 12.1 Å². The van der Waals surface area contributed by atoms with Crippen molar-refractivity contribution in [1.82, 2.24) is 0 Å². The first-order valence-electron chi connectivity index (χ1n) is 12.2. The average Bonchev–Trinajstić information content (AvgIpc) is 3.43. The fraction of sp³-hybridized carbons (Fsp3) is 0.840. The number of hydrogen-bond acceptors (Lipinski definition) is 6. The summed E-state index contributed by atoms with van der Waals surface area (Å²) in [5.41, 5.74) is -5.27. The molecule has 2 aliphatic heterocycles. The molecule has 1 N–H and O–H groups in total. The van der Waals surface area contributed by atoms with Gasteiger partial charge in [0.1, 0.15) is 17.3 Å². The number of rotatable bonds is 2. The van der Waals surface area contributed by atoms with Crippen molar-refractivity contribution in [2.45, 2.75) is 100 Å². The number of carbonyl (C=O) groups is 1. The maximum atomic E-state index is 17.4. The minimum atomic E-state index is -1.93. The van der Waals surface area contributed by atoms with E-state index in [0.29, 0.717) is 31.3 Å². The average molecular weight is 480 g/mol. The van der Waals surface area contributed by atoms with Crippen LogP contribution in [0, 0.1) is 34.0 Å². The van der Waals surface area contributed by atoms with Crippen LogP contribution in [-0.2, 0) is 19.0 Å². The molecule has 0 spiro atoms. The number of allylic oxidation sites excluding steroid dienone is 1. The molecule has 0 radical (unpaired) electrons. The summed E-state index contributed by atoms with van der Waals surface area (Å²) in [6.45, 7) is 6.05. The third-order valence-corrected chi connectivity index (χ3v) is 10.8. The second kappa shape index (κ2) is 6.59. The Kier molecular flexibility index (Phi) is 4.48. The summed E-state index contributed by atoms with van der Waals surface area (Å²) in [5, 5.41) is 21.2. The standard InChI is InChI=1S/C25H31ClFNO5/c1-4-20-32-19-9-14-15-8-17(26)16-7-13(29)5-6-21(16,2)24(15,27)18(30)10-22(14,3)25(19,33-20)23(11-28)12-31-23/h7,14-15,17-20,30H,4-6,8-10,12H2,1-3H3/t14-,15-,17-,18-,19+,20?,21-,22-,23?,24-,25+/m0/s1. The lowest BCUT2D eigenvalue weighted by atomic mass is 9.43. The molecule has 0 bridgehead atoms. The van der Waals surface area contributed by atoms with E-state index in [0.717, 1.165) is 0 Å². The Morgan fingerprint density at radius 3 is 2.70 bits per heavy atom. The Bertz CT molecular complexity index is 994. The van der Waals surface area contributed by atoms with E-state index in [1.165, 1.54) is 6.08 Å². The molecule has 8 heteroatoms. The number of ether oxygens (including phenoxy) is 3. The van der Waals surface area contributed by atoms with E-state index in [-0.39, 0.29) is 31.1 Å². The van der Waals surface area contributed by atoms with Crippen LogP contribution in [0.5, 0.6) is 0 Å². The van der Waals surface area contributed by atoms with Gasteiger partial charge in [-0.3, -0.25) is 4.79 Å². The minimum Gasteiger partial charge on any atom is -0.390 e. The summed E-state index contributed by atoms with van der Waals surface area (Å²) in [6.07, 6.45) is 1.55. The predicted molar refractivity (Wildman–Crippen MR) is 116 cm³/mol. The van der Waals surface area contributed by atoms with Crippen LogP contribution in [0.3, 0.4) is 0 Å². The molecule has 0 aromatic carbocycles. The SMILES string of the molecule is CCC1O[C@@H]2C[C@H]3[C@@H]4C[C@H](Cl)C5=CC(=O)CC[C@]5(C)[C@@]4(F)[C@@H](O)C[C@]3(C)[C@]2(C2(C#N)CO2)O1. The number of hydrogen-bond donors (Lipinski definition) is 1. The summed E-state index contributed by atoms with van der Waals surface area (Å²) in [4.78, 5) is 12.2. The molecule has 33 heavy (non-hydrogen) atoms. The maximum absolute atomic E-state index is 17.4. The van der Waals surface area contributed by atoms with Gasteiger partial charge in [-0.25, -0.2) is 4.39 Å². The zero-order valence-electron chi connectivity index (χ0n) is 19.3. The van der Waals surface area contributed by atoms with Gasteiger partial charge >= 0.3 is 0 Å². The summed E-state index contributed by atoms with van der Waals surface area (Å²) in [6, 6.07) is 2.35. The van der Waals surface area contributed by atoms with Crippen molar-refractivity contribution < 1.29 is 28.5 Å². The molecule has 0 aromatic heterocycles. The molecule has 5 fully saturated rings. The summed E-state index contributed by atoms with van der Waals surface area (Å²) in [7, 11) is 0. The van der Waals surface area contributed by atoms with Gasteiger partial charge in [-0.15, -0.1) is 11.6 Å². The molecule has 3 saturated carbocycles. The monoisotopic (exact) mass is 479 g/mol. The van der Waals surface area contributed by atoms with E-state index in [1.807, 2.05) is 20.8 Å². The van der Waals surface area contributed by atoms with Gasteiger partial charge in [0.05, 0.1) is 24.2 Å². The van der Waals surface area contributed by atoms with E-state index in [2.05, 4.69) is 6.07 Å². The van der Waals surface area contributed by atoms with Crippen molar-refractivity contribution >= 4 is 17.4 Å². The number of fused-ring (bicyclic) bond motifs is 7. The van der Waals surface area contributed by atoms with E-state index < -0.39 is 57.5 Å². The quantitative estimate of drug-likeness (QED) is 0.480. The Morgan fingerprint density at radius 2 is 2.06 bits per heavy atom. The number of carbonyl (C=O) groups excluding carboxylic acids is 1. The van der Waals surface area contributed by atoms with Crippen LogP contribution in [0.15, 0.2) is 11.6 Å². The molecule has 6 rings (SSSR count). The smallest absolute Gasteiger partial charge is 0.209 e. The van der Waals surface area contributed by atoms with Crippen LogP contribution >= 0.6 is 11.6 Å². The van der Waals surface area contributed by atoms with Gasteiger partial charge in [0.2, 0.25) is 5.60 Å². The van der Waals surface area contributed by atoms with E-state index in [9.17, 15) is 15.2 Å². The largest absolute Gasteiger partial charge is 0.390 e. The van der Waals surface area contributed by atoms with Crippen molar-refractivity contribution in [1.29, 1.82) is 5.26 Å². The fourth-order valence-electron chi connectivity index (χ4n) is 8.75. The molecule has 4 aliphatic carbocycles. The van der Waals surface area contributed by atoms with Crippen LogP contribution < -0.4 is 0 Å². The van der Waals surface area contributed by atoms with E-state index in [1.54, 1.807) is 0 Å². The molecule has 11 atom stereocenters. The summed E-state index contributed by atoms with van der Waals surface area (Å²) < 4.78 is 36.1. The van der Waals surface area contributed by atoms with Gasteiger partial charge in [-0.1, -0.05) is 20.8 Å². The van der Waals surface area contributed by atoms with Crippen LogP contribution in [0.4, 0.5) is 4.39 Å². The van der Waals surface area contributed by atoms with Gasteiger partial charge in [0, 0.05) is 23.2 Å². The lowest BCUT2D eigenvalue weighted by Crippen LogP contribution is -2.71. The predicted octanol–water partition coefficient (Wildman–Crippen LogP) is 3.59. The number of aliphatic hydroxyl groups excluding tert-OH is 1. The molecule has 2 saturated heterocycles. The Hall–Kier alpha value is -1.04. The van der Waals surface area contributed by atoms with Crippen LogP contribution in [0.25, 0.3) is 0 Å². The number of ketones is 1. The molecular formula is C25H31ClFNO5. The number of aliphatic hydroxyl groups is 1. The first-order valence-corrected chi connectivity index (χ1v) is 12.6. The van der Waals surface area contributed by atoms with Gasteiger partial charge in [0.25, 0.3) is 0 Å². The zero-order chi connectivity index (χ0) is 23.6. The highest BCUT2D eigenvalue weighted by atomic mass is 35.5. The second-order valence-corrected chi connectivity index (χ2v) is 12.0. The normalized spacial score (nSPS) is 59.1. The Balaban J connectivity index is 1.49. The van der Waals surface area contributed by atoms with Crippen LogP contribution in [-0.4, -0.2) is 58.2 Å². The third kappa shape index (κ3) is 2.31. The van der Waals surface area contributed by atoms with Crippen LogP contribution in [0.1, 0.15) is 59.3 Å². The van der Waals surface area contributed by atoms with Gasteiger partial charge in [-0.05, 0) is 49.7 Å². The van der Waals surface area contributed by atoms with E-state index >= 15 is 4.39 Å². The van der Waals surface area contributed by atoms with Crippen LogP contribution in [0.2, 0.25) is 0 Å². The number of epoxide rings is 1. The maximum Gasteiger partial charge on any atom is 0.209 e.